The van der Waals surface area contributed by atoms with E-state index in [-0.39, 0.29) is 19.8 Å². The first-order valence-electron chi connectivity index (χ1n) is 22.7. The summed E-state index contributed by atoms with van der Waals surface area (Å²) in [6.07, 6.45) is -7.59. The Morgan fingerprint density at radius 3 is 1.24 bits per heavy atom. The Morgan fingerprint density at radius 1 is 0.394 bits per heavy atom. The fraction of sp³-hybridized carbons (Fsp3) is 0.345. The third kappa shape index (κ3) is 12.1. The molecule has 0 saturated carbocycles. The van der Waals surface area contributed by atoms with Crippen LogP contribution in [0.5, 0.6) is 0 Å². The van der Waals surface area contributed by atoms with Gasteiger partial charge in [-0.3, -0.25) is 0 Å². The molecule has 0 aromatic heterocycles. The van der Waals surface area contributed by atoms with Crippen molar-refractivity contribution < 1.29 is 52.1 Å². The SMILES string of the molecule is CO[C@H]1O[C@H](CO[C@@H]2O[C@@H]3COC(c4ccccc4)O[C@H]3[C@H](OCc3ccccc3)[C@@H]2OCc2ccccc2)[C@@H](OCc2ccccc2)[C@H](OCc2ccccc2)[C@H]1OCc1ccccc1. The maximum Gasteiger partial charge on any atom is 0.187 e. The molecule has 6 aromatic rings. The third-order valence-corrected chi connectivity index (χ3v) is 12.0. The lowest BCUT2D eigenvalue weighted by Gasteiger charge is -2.49. The molecule has 0 bridgehead atoms. The van der Waals surface area contributed by atoms with Gasteiger partial charge in [-0.05, 0) is 27.8 Å². The molecule has 6 aromatic carbocycles. The maximum absolute atomic E-state index is 6.92. The third-order valence-electron chi connectivity index (χ3n) is 12.0. The van der Waals surface area contributed by atoms with E-state index in [0.29, 0.717) is 26.4 Å². The number of fused-ring (bicyclic) bond motifs is 1. The largest absolute Gasteiger partial charge is 0.368 e. The van der Waals surface area contributed by atoms with Crippen molar-refractivity contribution in [3.05, 3.63) is 215 Å². The number of hydrogen-bond acceptors (Lipinski definition) is 11. The number of ether oxygens (including phenoxy) is 11. The lowest BCUT2D eigenvalue weighted by Crippen LogP contribution is -2.65. The lowest BCUT2D eigenvalue weighted by atomic mass is 9.96. The van der Waals surface area contributed by atoms with Gasteiger partial charge >= 0.3 is 0 Å². The summed E-state index contributed by atoms with van der Waals surface area (Å²) in [6.45, 7) is 1.76. The average Bonchev–Trinajstić information content (AvgIpc) is 3.39. The normalized spacial score (nSPS) is 27.5. The highest BCUT2D eigenvalue weighted by atomic mass is 16.8. The highest BCUT2D eigenvalue weighted by Gasteiger charge is 2.54. The molecule has 3 aliphatic heterocycles. The highest BCUT2D eigenvalue weighted by Crippen LogP contribution is 2.38. The highest BCUT2D eigenvalue weighted by molar-refractivity contribution is 5.19. The molecule has 3 fully saturated rings. The Kier molecular flexibility index (Phi) is 16.4. The first kappa shape index (κ1) is 46.0. The molecule has 0 radical (unpaired) electrons. The summed E-state index contributed by atoms with van der Waals surface area (Å²) in [5.74, 6) is 0. The molecular formula is C55H58O11. The van der Waals surface area contributed by atoms with Gasteiger partial charge in [0.05, 0.1) is 46.2 Å². The maximum atomic E-state index is 6.92. The van der Waals surface area contributed by atoms with Crippen molar-refractivity contribution in [1.82, 2.24) is 0 Å². The summed E-state index contributed by atoms with van der Waals surface area (Å²) < 4.78 is 73.9. The van der Waals surface area contributed by atoms with Crippen LogP contribution in [0.3, 0.4) is 0 Å². The summed E-state index contributed by atoms with van der Waals surface area (Å²) in [4.78, 5) is 0. The minimum absolute atomic E-state index is 0.0168. The molecule has 3 saturated heterocycles. The molecule has 9 rings (SSSR count). The predicted octanol–water partition coefficient (Wildman–Crippen LogP) is 9.14. The molecule has 3 heterocycles. The minimum atomic E-state index is -0.939. The molecule has 11 nitrogen and oxygen atoms in total. The Hall–Kier alpha value is -5.12. The van der Waals surface area contributed by atoms with Crippen LogP contribution < -0.4 is 0 Å². The summed E-state index contributed by atoms with van der Waals surface area (Å²) >= 11 is 0. The van der Waals surface area contributed by atoms with E-state index in [0.717, 1.165) is 33.4 Å². The van der Waals surface area contributed by atoms with E-state index in [2.05, 4.69) is 0 Å². The number of rotatable bonds is 20. The first-order valence-corrected chi connectivity index (χ1v) is 22.7. The van der Waals surface area contributed by atoms with Gasteiger partial charge in [-0.2, -0.15) is 0 Å². The topological polar surface area (TPSA) is 102 Å². The van der Waals surface area contributed by atoms with Gasteiger partial charge in [-0.1, -0.05) is 182 Å². The molecule has 3 aliphatic rings. The van der Waals surface area contributed by atoms with E-state index in [9.17, 15) is 0 Å². The van der Waals surface area contributed by atoms with Crippen LogP contribution in [0.4, 0.5) is 0 Å². The summed E-state index contributed by atoms with van der Waals surface area (Å²) in [7, 11) is 1.61. The van der Waals surface area contributed by atoms with Crippen LogP contribution in [0, 0.1) is 0 Å². The van der Waals surface area contributed by atoms with Crippen molar-refractivity contribution in [2.75, 3.05) is 20.3 Å². The molecule has 0 N–H and O–H groups in total. The Balaban J connectivity index is 1.02. The average molecular weight is 895 g/mol. The Bertz CT molecular complexity index is 2170. The molecular weight excluding hydrogens is 837 g/mol. The van der Waals surface area contributed by atoms with Gasteiger partial charge in [0, 0.05) is 12.7 Å². The van der Waals surface area contributed by atoms with Crippen LogP contribution >= 0.6 is 0 Å². The summed E-state index contributed by atoms with van der Waals surface area (Å²) in [5.41, 5.74) is 5.91. The molecule has 0 spiro atoms. The van der Waals surface area contributed by atoms with E-state index in [1.54, 1.807) is 7.11 Å². The zero-order valence-corrected chi connectivity index (χ0v) is 37.1. The van der Waals surface area contributed by atoms with Crippen molar-refractivity contribution in [3.63, 3.8) is 0 Å². The van der Waals surface area contributed by atoms with E-state index in [1.807, 2.05) is 182 Å². The van der Waals surface area contributed by atoms with Crippen LogP contribution in [-0.2, 0) is 85.1 Å². The molecule has 344 valence electrons. The van der Waals surface area contributed by atoms with E-state index in [1.165, 1.54) is 0 Å². The number of hydrogen-bond donors (Lipinski definition) is 0. The first-order chi connectivity index (χ1) is 32.7. The van der Waals surface area contributed by atoms with Crippen LogP contribution in [0.25, 0.3) is 0 Å². The minimum Gasteiger partial charge on any atom is -0.368 e. The van der Waals surface area contributed by atoms with Gasteiger partial charge < -0.3 is 52.1 Å². The second-order valence-corrected chi connectivity index (χ2v) is 16.6. The van der Waals surface area contributed by atoms with E-state index in [4.69, 9.17) is 52.1 Å². The molecule has 0 amide bonds. The summed E-state index contributed by atoms with van der Waals surface area (Å²) in [5, 5.41) is 0. The van der Waals surface area contributed by atoms with Crippen molar-refractivity contribution in [2.45, 2.75) is 101 Å². The van der Waals surface area contributed by atoms with Gasteiger partial charge in [0.2, 0.25) is 0 Å². The van der Waals surface area contributed by atoms with Crippen molar-refractivity contribution in [3.8, 4) is 0 Å². The molecule has 11 heteroatoms. The van der Waals surface area contributed by atoms with Gasteiger partial charge in [0.1, 0.15) is 48.8 Å². The zero-order valence-electron chi connectivity index (χ0n) is 37.1. The molecule has 1 unspecified atom stereocenters. The Morgan fingerprint density at radius 2 is 0.788 bits per heavy atom. The lowest BCUT2D eigenvalue weighted by molar-refractivity contribution is -0.379. The van der Waals surface area contributed by atoms with Crippen molar-refractivity contribution >= 4 is 0 Å². The van der Waals surface area contributed by atoms with Crippen LogP contribution in [0.1, 0.15) is 39.7 Å². The number of methoxy groups -OCH3 is 1. The fourth-order valence-electron chi connectivity index (χ4n) is 8.62. The van der Waals surface area contributed by atoms with Crippen LogP contribution in [0.2, 0.25) is 0 Å². The van der Waals surface area contributed by atoms with Crippen molar-refractivity contribution in [2.24, 2.45) is 0 Å². The smallest absolute Gasteiger partial charge is 0.187 e. The molecule has 66 heavy (non-hydrogen) atoms. The zero-order chi connectivity index (χ0) is 44.8. The quantitative estimate of drug-likeness (QED) is 0.0734. The fourth-order valence-corrected chi connectivity index (χ4v) is 8.62. The second kappa shape index (κ2) is 23.6. The van der Waals surface area contributed by atoms with Crippen LogP contribution in [0.15, 0.2) is 182 Å². The molecule has 0 aliphatic carbocycles. The van der Waals surface area contributed by atoms with Crippen molar-refractivity contribution in [1.29, 1.82) is 0 Å². The van der Waals surface area contributed by atoms with Gasteiger partial charge in [-0.25, -0.2) is 0 Å². The standard InChI is InChI=1S/C55H58O11/c1-56-54-51(60-35-42-26-14-5-15-27-42)49(58-33-40-22-10-3-11-23-40)47(57-32-39-20-8-2-9-21-39)45(64-54)37-63-55-52(61-36-43-28-16-6-17-29-43)50(59-34-41-24-12-4-13-25-41)48-46(65-55)38-62-53(66-48)44-30-18-7-19-31-44/h2-31,45-55H,32-38H2,1H3/t45-,46-,47-,48-,49+,50+,51-,52+,53?,54+,55-/m1/s1. The molecule has 11 atom stereocenters. The predicted molar refractivity (Wildman–Crippen MR) is 245 cm³/mol. The van der Waals surface area contributed by atoms with Gasteiger partial charge in [0.15, 0.2) is 18.9 Å². The van der Waals surface area contributed by atoms with Gasteiger partial charge in [0.25, 0.3) is 0 Å². The Labute approximate surface area is 387 Å². The monoisotopic (exact) mass is 894 g/mol. The van der Waals surface area contributed by atoms with Crippen LogP contribution in [-0.4, -0.2) is 81.7 Å². The number of benzene rings is 6. The van der Waals surface area contributed by atoms with E-state index >= 15 is 0 Å². The second-order valence-electron chi connectivity index (χ2n) is 16.6. The van der Waals surface area contributed by atoms with Gasteiger partial charge in [-0.15, -0.1) is 0 Å². The van der Waals surface area contributed by atoms with E-state index < -0.39 is 67.7 Å². The summed E-state index contributed by atoms with van der Waals surface area (Å²) in [6, 6.07) is 60.1.